The fraction of sp³-hybridized carbons (Fsp3) is 0.304. The average molecular weight is 348 g/mol. The van der Waals surface area contributed by atoms with Gasteiger partial charge in [-0.25, -0.2) is 0 Å². The summed E-state index contributed by atoms with van der Waals surface area (Å²) in [5.41, 5.74) is 3.00. The zero-order chi connectivity index (χ0) is 18.4. The molecule has 1 aromatic heterocycles. The summed E-state index contributed by atoms with van der Waals surface area (Å²) in [6.45, 7) is 4.36. The van der Waals surface area contributed by atoms with E-state index in [0.717, 1.165) is 17.7 Å². The number of aliphatic hydroxyl groups is 1. The van der Waals surface area contributed by atoms with Crippen molar-refractivity contribution in [1.82, 2.24) is 10.3 Å². The lowest BCUT2D eigenvalue weighted by Crippen LogP contribution is -2.51. The molecule has 0 aliphatic carbocycles. The molecule has 3 rings (SSSR count). The number of H-pyrrole nitrogens is 1. The maximum absolute atomic E-state index is 10.4. The van der Waals surface area contributed by atoms with Gasteiger partial charge in [0.1, 0.15) is 0 Å². The van der Waals surface area contributed by atoms with Gasteiger partial charge in [-0.2, -0.15) is 0 Å². The molecule has 0 spiro atoms. The monoisotopic (exact) mass is 348 g/mol. The third-order valence-electron chi connectivity index (χ3n) is 5.24. The summed E-state index contributed by atoms with van der Waals surface area (Å²) in [6.07, 6.45) is 2.80. The Kier molecular flexibility index (Phi) is 5.92. The minimum absolute atomic E-state index is 0.0423. The highest BCUT2D eigenvalue weighted by molar-refractivity contribution is 5.28. The van der Waals surface area contributed by atoms with Gasteiger partial charge >= 0.3 is 0 Å². The van der Waals surface area contributed by atoms with Crippen LogP contribution in [0.15, 0.2) is 79.0 Å². The van der Waals surface area contributed by atoms with E-state index >= 15 is 0 Å². The van der Waals surface area contributed by atoms with Crippen molar-refractivity contribution in [2.75, 3.05) is 6.61 Å². The van der Waals surface area contributed by atoms with Gasteiger partial charge in [-0.1, -0.05) is 74.5 Å². The Morgan fingerprint density at radius 1 is 0.923 bits per heavy atom. The normalized spacial score (nSPS) is 14.9. The third kappa shape index (κ3) is 3.90. The summed E-state index contributed by atoms with van der Waals surface area (Å²) in [7, 11) is 0. The molecule has 26 heavy (non-hydrogen) atoms. The molecule has 0 unspecified atom stereocenters. The van der Waals surface area contributed by atoms with Crippen LogP contribution < -0.4 is 5.32 Å². The molecule has 0 aliphatic heterocycles. The third-order valence-corrected chi connectivity index (χ3v) is 5.24. The first-order chi connectivity index (χ1) is 12.7. The van der Waals surface area contributed by atoms with E-state index in [1.54, 1.807) is 0 Å². The summed E-state index contributed by atoms with van der Waals surface area (Å²) in [5.74, 6) is 0.225. The molecular weight excluding hydrogens is 320 g/mol. The quantitative estimate of drug-likeness (QED) is 0.564. The molecule has 3 aromatic rings. The summed E-state index contributed by atoms with van der Waals surface area (Å²) in [5, 5.41) is 14.2. The van der Waals surface area contributed by atoms with Gasteiger partial charge in [0, 0.05) is 11.9 Å². The maximum atomic E-state index is 10.4. The topological polar surface area (TPSA) is 48.0 Å². The Morgan fingerprint density at radius 2 is 1.58 bits per heavy atom. The molecule has 0 saturated heterocycles. The minimum atomic E-state index is -0.508. The maximum Gasteiger partial charge on any atom is 0.0697 e. The second-order valence-corrected chi connectivity index (χ2v) is 7.16. The van der Waals surface area contributed by atoms with Crippen LogP contribution in [-0.2, 0) is 12.0 Å². The van der Waals surface area contributed by atoms with Gasteiger partial charge in [-0.15, -0.1) is 0 Å². The van der Waals surface area contributed by atoms with E-state index < -0.39 is 5.54 Å². The van der Waals surface area contributed by atoms with Crippen molar-refractivity contribution in [3.05, 3.63) is 95.8 Å². The minimum Gasteiger partial charge on any atom is -0.394 e. The van der Waals surface area contributed by atoms with E-state index in [9.17, 15) is 5.11 Å². The highest BCUT2D eigenvalue weighted by Crippen LogP contribution is 2.33. The van der Waals surface area contributed by atoms with Crippen LogP contribution in [0.5, 0.6) is 0 Å². The number of hydrogen-bond donors (Lipinski definition) is 3. The van der Waals surface area contributed by atoms with Gasteiger partial charge in [0.05, 0.1) is 18.2 Å². The van der Waals surface area contributed by atoms with E-state index in [0.29, 0.717) is 0 Å². The molecule has 0 aliphatic rings. The Labute approximate surface area is 156 Å². The highest BCUT2D eigenvalue weighted by atomic mass is 16.3. The summed E-state index contributed by atoms with van der Waals surface area (Å²) < 4.78 is 0. The molecule has 3 heteroatoms. The SMILES string of the molecule is CC(C)[C@](CO)(N[C@@H](Cc1ccccc1)c1ccc[nH]1)c1ccccc1. The second-order valence-electron chi connectivity index (χ2n) is 7.16. The Bertz CT molecular complexity index is 768. The van der Waals surface area contributed by atoms with Crippen LogP contribution in [0.2, 0.25) is 0 Å². The van der Waals surface area contributed by atoms with Gasteiger partial charge in [-0.3, -0.25) is 5.32 Å². The number of rotatable bonds is 8. The van der Waals surface area contributed by atoms with Crippen LogP contribution in [0.1, 0.15) is 36.7 Å². The first kappa shape index (κ1) is 18.4. The lowest BCUT2D eigenvalue weighted by molar-refractivity contribution is 0.102. The van der Waals surface area contributed by atoms with Crippen LogP contribution in [0.3, 0.4) is 0 Å². The first-order valence-electron chi connectivity index (χ1n) is 9.27. The number of aliphatic hydroxyl groups excluding tert-OH is 1. The summed E-state index contributed by atoms with van der Waals surface area (Å²) >= 11 is 0. The van der Waals surface area contributed by atoms with Gasteiger partial charge in [0.25, 0.3) is 0 Å². The summed E-state index contributed by atoms with van der Waals surface area (Å²) in [4.78, 5) is 3.35. The van der Waals surface area contributed by atoms with Crippen molar-refractivity contribution in [2.45, 2.75) is 31.8 Å². The van der Waals surface area contributed by atoms with Gasteiger partial charge in [-0.05, 0) is 35.6 Å². The van der Waals surface area contributed by atoms with Crippen LogP contribution >= 0.6 is 0 Å². The predicted molar refractivity (Wildman–Crippen MR) is 107 cm³/mol. The number of aromatic amines is 1. The number of hydrogen-bond acceptors (Lipinski definition) is 2. The Balaban J connectivity index is 1.97. The molecule has 2 atom stereocenters. The van der Waals surface area contributed by atoms with Gasteiger partial charge in [0.15, 0.2) is 0 Å². The van der Waals surface area contributed by atoms with Crippen molar-refractivity contribution in [1.29, 1.82) is 0 Å². The van der Waals surface area contributed by atoms with Crippen molar-refractivity contribution in [2.24, 2.45) is 5.92 Å². The van der Waals surface area contributed by atoms with Crippen molar-refractivity contribution >= 4 is 0 Å². The number of nitrogens with one attached hydrogen (secondary N) is 2. The van der Waals surface area contributed by atoms with Gasteiger partial charge < -0.3 is 10.1 Å². The van der Waals surface area contributed by atoms with Crippen LogP contribution in [0.4, 0.5) is 0 Å². The Morgan fingerprint density at radius 3 is 2.12 bits per heavy atom. The van der Waals surface area contributed by atoms with Crippen LogP contribution in [-0.4, -0.2) is 16.7 Å². The van der Waals surface area contributed by atoms with Crippen molar-refractivity contribution in [3.63, 3.8) is 0 Å². The molecule has 3 N–H and O–H groups in total. The molecule has 1 heterocycles. The molecule has 0 fully saturated rings. The van der Waals surface area contributed by atoms with E-state index in [2.05, 4.69) is 66.6 Å². The highest BCUT2D eigenvalue weighted by Gasteiger charge is 2.37. The smallest absolute Gasteiger partial charge is 0.0697 e. The van der Waals surface area contributed by atoms with E-state index in [4.69, 9.17) is 0 Å². The fourth-order valence-corrected chi connectivity index (χ4v) is 3.60. The van der Waals surface area contributed by atoms with Crippen LogP contribution in [0.25, 0.3) is 0 Å². The van der Waals surface area contributed by atoms with E-state index in [-0.39, 0.29) is 18.6 Å². The zero-order valence-electron chi connectivity index (χ0n) is 15.5. The molecular formula is C23H28N2O. The predicted octanol–water partition coefficient (Wildman–Crippen LogP) is 4.43. The molecule has 0 amide bonds. The van der Waals surface area contributed by atoms with Crippen molar-refractivity contribution < 1.29 is 5.11 Å². The molecule has 136 valence electrons. The van der Waals surface area contributed by atoms with E-state index in [1.165, 1.54) is 5.56 Å². The van der Waals surface area contributed by atoms with Crippen LogP contribution in [0, 0.1) is 5.92 Å². The second kappa shape index (κ2) is 8.35. The number of benzene rings is 2. The number of aromatic nitrogens is 1. The lowest BCUT2D eigenvalue weighted by atomic mass is 9.79. The average Bonchev–Trinajstić information content (AvgIpc) is 3.21. The fourth-order valence-electron chi connectivity index (χ4n) is 3.60. The van der Waals surface area contributed by atoms with Crippen molar-refractivity contribution in [3.8, 4) is 0 Å². The van der Waals surface area contributed by atoms with Gasteiger partial charge in [0.2, 0.25) is 0 Å². The first-order valence-corrected chi connectivity index (χ1v) is 9.27. The molecule has 0 radical (unpaired) electrons. The molecule has 0 saturated carbocycles. The zero-order valence-corrected chi connectivity index (χ0v) is 15.5. The molecule has 3 nitrogen and oxygen atoms in total. The molecule has 2 aromatic carbocycles. The summed E-state index contributed by atoms with van der Waals surface area (Å²) in [6, 6.07) is 24.9. The van der Waals surface area contributed by atoms with E-state index in [1.807, 2.05) is 36.5 Å². The lowest BCUT2D eigenvalue weighted by Gasteiger charge is -2.41. The largest absolute Gasteiger partial charge is 0.394 e. The Hall–Kier alpha value is -2.36. The molecule has 0 bridgehead atoms. The standard InChI is InChI=1S/C23H28N2O/c1-18(2)23(17-26,20-12-7-4-8-13-20)25-22(21-14-9-15-24-21)16-19-10-5-3-6-11-19/h3-15,18,22,24-26H,16-17H2,1-2H3/t22-,23-/m0/s1.